The van der Waals surface area contributed by atoms with Crippen LogP contribution in [0.1, 0.15) is 52.4 Å². The molecule has 0 radical (unpaired) electrons. The number of rotatable bonds is 9. The summed E-state index contributed by atoms with van der Waals surface area (Å²) in [6.45, 7) is 4.34. The van der Waals surface area contributed by atoms with E-state index in [9.17, 15) is 0 Å². The predicted molar refractivity (Wildman–Crippen MR) is 66.6 cm³/mol. The van der Waals surface area contributed by atoms with Gasteiger partial charge in [-0.05, 0) is 24.7 Å². The molecule has 0 bridgehead atoms. The van der Waals surface area contributed by atoms with Gasteiger partial charge in [-0.1, -0.05) is 39.5 Å². The van der Waals surface area contributed by atoms with Crippen molar-refractivity contribution >= 4 is 12.4 Å². The van der Waals surface area contributed by atoms with E-state index in [0.29, 0.717) is 11.8 Å². The first-order chi connectivity index (χ1) is 7.70. The molecule has 0 spiro atoms. The van der Waals surface area contributed by atoms with Crippen molar-refractivity contribution in [2.75, 3.05) is 0 Å². The SMILES string of the molecule is CC(CC=NO)CCCCC(C)CC=NO. The lowest BCUT2D eigenvalue weighted by Gasteiger charge is -2.10. The smallest absolute Gasteiger partial charge is 0.0438 e. The molecule has 0 aliphatic heterocycles. The molecule has 4 heteroatoms. The van der Waals surface area contributed by atoms with Crippen molar-refractivity contribution in [1.82, 2.24) is 0 Å². The molecule has 0 saturated heterocycles. The van der Waals surface area contributed by atoms with Crippen LogP contribution in [-0.2, 0) is 0 Å². The third kappa shape index (κ3) is 9.49. The number of nitrogens with zero attached hydrogens (tertiary/aromatic N) is 2. The predicted octanol–water partition coefficient (Wildman–Crippen LogP) is 3.52. The maximum absolute atomic E-state index is 8.28. The summed E-state index contributed by atoms with van der Waals surface area (Å²) in [5.74, 6) is 1.18. The van der Waals surface area contributed by atoms with E-state index in [0.717, 1.165) is 12.8 Å². The molecule has 4 nitrogen and oxygen atoms in total. The van der Waals surface area contributed by atoms with Crippen LogP contribution >= 0.6 is 0 Å². The van der Waals surface area contributed by atoms with Crippen LogP contribution in [0, 0.1) is 11.8 Å². The van der Waals surface area contributed by atoms with E-state index in [1.807, 2.05) is 0 Å². The molecule has 0 fully saturated rings. The summed E-state index contributed by atoms with van der Waals surface area (Å²) in [4.78, 5) is 0. The van der Waals surface area contributed by atoms with Crippen molar-refractivity contribution in [2.24, 2.45) is 22.1 Å². The number of hydrogen-bond donors (Lipinski definition) is 2. The Balaban J connectivity index is 3.37. The highest BCUT2D eigenvalue weighted by Gasteiger charge is 2.03. The third-order valence-electron chi connectivity index (χ3n) is 2.82. The Morgan fingerprint density at radius 1 is 0.875 bits per heavy atom. The molecule has 0 heterocycles. The van der Waals surface area contributed by atoms with E-state index >= 15 is 0 Å². The van der Waals surface area contributed by atoms with Gasteiger partial charge in [0.15, 0.2) is 0 Å². The monoisotopic (exact) mass is 228 g/mol. The quantitative estimate of drug-likeness (QED) is 0.274. The first kappa shape index (κ1) is 14.9. The van der Waals surface area contributed by atoms with Crippen LogP contribution in [0.4, 0.5) is 0 Å². The van der Waals surface area contributed by atoms with Gasteiger partial charge in [0.25, 0.3) is 0 Å². The molecule has 0 amide bonds. The van der Waals surface area contributed by atoms with Gasteiger partial charge in [-0.15, -0.1) is 10.3 Å². The molecule has 0 aromatic rings. The number of unbranched alkanes of at least 4 members (excludes halogenated alkanes) is 1. The maximum atomic E-state index is 8.28. The average Bonchev–Trinajstić information content (AvgIpc) is 2.29. The zero-order valence-electron chi connectivity index (χ0n) is 10.3. The maximum Gasteiger partial charge on any atom is 0.0438 e. The minimum Gasteiger partial charge on any atom is -0.411 e. The highest BCUT2D eigenvalue weighted by molar-refractivity contribution is 5.56. The summed E-state index contributed by atoms with van der Waals surface area (Å²) in [6.07, 6.45) is 9.59. The van der Waals surface area contributed by atoms with E-state index in [-0.39, 0.29) is 0 Å². The summed E-state index contributed by atoms with van der Waals surface area (Å²) in [5.41, 5.74) is 0. The number of oxime groups is 2. The van der Waals surface area contributed by atoms with Gasteiger partial charge in [-0.2, -0.15) is 0 Å². The second kappa shape index (κ2) is 10.5. The Labute approximate surface area is 98.0 Å². The normalized spacial score (nSPS) is 15.9. The van der Waals surface area contributed by atoms with Crippen molar-refractivity contribution in [2.45, 2.75) is 52.4 Å². The fraction of sp³-hybridized carbons (Fsp3) is 0.833. The van der Waals surface area contributed by atoms with Crippen molar-refractivity contribution < 1.29 is 10.4 Å². The molecule has 2 unspecified atom stereocenters. The fourth-order valence-corrected chi connectivity index (χ4v) is 1.68. The molecule has 0 aromatic carbocycles. The lowest BCUT2D eigenvalue weighted by molar-refractivity contribution is 0.318. The standard InChI is InChI=1S/C12H24N2O2/c1-11(7-9-13-15)5-3-4-6-12(2)8-10-14-16/h9-12,15-16H,3-8H2,1-2H3. The second-order valence-corrected chi connectivity index (χ2v) is 4.56. The molecule has 0 saturated carbocycles. The van der Waals surface area contributed by atoms with Crippen LogP contribution in [0.2, 0.25) is 0 Å². The molecule has 2 N–H and O–H groups in total. The molecular weight excluding hydrogens is 204 g/mol. The van der Waals surface area contributed by atoms with Crippen molar-refractivity contribution in [3.8, 4) is 0 Å². The van der Waals surface area contributed by atoms with E-state index in [1.165, 1.54) is 25.7 Å². The Kier molecular flexibility index (Phi) is 9.76. The van der Waals surface area contributed by atoms with Crippen LogP contribution in [0.5, 0.6) is 0 Å². The average molecular weight is 228 g/mol. The zero-order chi connectivity index (χ0) is 12.2. The van der Waals surface area contributed by atoms with Gasteiger partial charge in [-0.25, -0.2) is 0 Å². The highest BCUT2D eigenvalue weighted by atomic mass is 16.4. The van der Waals surface area contributed by atoms with Crippen LogP contribution in [-0.4, -0.2) is 22.8 Å². The summed E-state index contributed by atoms with van der Waals surface area (Å²) in [6, 6.07) is 0. The van der Waals surface area contributed by atoms with Crippen molar-refractivity contribution in [1.29, 1.82) is 0 Å². The van der Waals surface area contributed by atoms with Crippen LogP contribution in [0.25, 0.3) is 0 Å². The van der Waals surface area contributed by atoms with E-state index < -0.39 is 0 Å². The van der Waals surface area contributed by atoms with Gasteiger partial charge in [0, 0.05) is 12.4 Å². The van der Waals surface area contributed by atoms with Crippen LogP contribution < -0.4 is 0 Å². The van der Waals surface area contributed by atoms with Gasteiger partial charge < -0.3 is 10.4 Å². The molecule has 0 aliphatic rings. The van der Waals surface area contributed by atoms with Gasteiger partial charge in [0.2, 0.25) is 0 Å². The lowest BCUT2D eigenvalue weighted by atomic mass is 9.96. The van der Waals surface area contributed by atoms with Gasteiger partial charge >= 0.3 is 0 Å². The molecule has 2 atom stereocenters. The minimum absolute atomic E-state index is 0.588. The largest absolute Gasteiger partial charge is 0.411 e. The van der Waals surface area contributed by atoms with Gasteiger partial charge in [0.05, 0.1) is 0 Å². The molecular formula is C12H24N2O2. The van der Waals surface area contributed by atoms with E-state index in [2.05, 4.69) is 24.2 Å². The lowest BCUT2D eigenvalue weighted by Crippen LogP contribution is -1.98. The Morgan fingerprint density at radius 3 is 1.56 bits per heavy atom. The summed E-state index contributed by atoms with van der Waals surface area (Å²) in [5, 5.41) is 22.6. The Hall–Kier alpha value is -1.06. The highest BCUT2D eigenvalue weighted by Crippen LogP contribution is 2.16. The Morgan fingerprint density at radius 2 is 1.25 bits per heavy atom. The summed E-state index contributed by atoms with van der Waals surface area (Å²) in [7, 11) is 0. The van der Waals surface area contributed by atoms with Crippen LogP contribution in [0.3, 0.4) is 0 Å². The van der Waals surface area contributed by atoms with Gasteiger partial charge in [-0.3, -0.25) is 0 Å². The first-order valence-corrected chi connectivity index (χ1v) is 6.02. The van der Waals surface area contributed by atoms with Crippen molar-refractivity contribution in [3.05, 3.63) is 0 Å². The van der Waals surface area contributed by atoms with E-state index in [4.69, 9.17) is 10.4 Å². The summed E-state index contributed by atoms with van der Waals surface area (Å²) >= 11 is 0. The van der Waals surface area contributed by atoms with Gasteiger partial charge in [0.1, 0.15) is 0 Å². The zero-order valence-corrected chi connectivity index (χ0v) is 10.3. The molecule has 0 aliphatic carbocycles. The molecule has 0 rings (SSSR count). The molecule has 0 aromatic heterocycles. The second-order valence-electron chi connectivity index (χ2n) is 4.56. The molecule has 94 valence electrons. The Bertz CT molecular complexity index is 183. The van der Waals surface area contributed by atoms with Crippen LogP contribution in [0.15, 0.2) is 10.3 Å². The molecule has 16 heavy (non-hydrogen) atoms. The van der Waals surface area contributed by atoms with Crippen molar-refractivity contribution in [3.63, 3.8) is 0 Å². The first-order valence-electron chi connectivity index (χ1n) is 6.02. The minimum atomic E-state index is 0.588. The topological polar surface area (TPSA) is 65.2 Å². The fourth-order valence-electron chi connectivity index (χ4n) is 1.68. The number of hydrogen-bond acceptors (Lipinski definition) is 4. The third-order valence-corrected chi connectivity index (χ3v) is 2.82. The summed E-state index contributed by atoms with van der Waals surface area (Å²) < 4.78 is 0. The van der Waals surface area contributed by atoms with E-state index in [1.54, 1.807) is 12.4 Å².